The van der Waals surface area contributed by atoms with Gasteiger partial charge in [0, 0.05) is 6.54 Å². The first-order chi connectivity index (χ1) is 10.2. The Morgan fingerprint density at radius 2 is 1.71 bits per heavy atom. The Balaban J connectivity index is 1.89. The van der Waals surface area contributed by atoms with Crippen LogP contribution >= 0.6 is 23.2 Å². The molecule has 0 bridgehead atoms. The lowest BCUT2D eigenvalue weighted by Gasteiger charge is -2.12. The molecular weight excluding hydrogens is 309 g/mol. The van der Waals surface area contributed by atoms with Crippen molar-refractivity contribution < 1.29 is 4.74 Å². The second kappa shape index (κ2) is 7.96. The van der Waals surface area contributed by atoms with Crippen LogP contribution in [0.5, 0.6) is 5.75 Å². The molecule has 2 aromatic rings. The molecule has 0 atom stereocenters. The third-order valence-electron chi connectivity index (χ3n) is 2.68. The molecule has 4 nitrogen and oxygen atoms in total. The average molecular weight is 326 g/mol. The number of nitrogens with zero attached hydrogens (tertiary/aromatic N) is 1. The van der Waals surface area contributed by atoms with Crippen LogP contribution in [0.2, 0.25) is 10.0 Å². The van der Waals surface area contributed by atoms with E-state index in [0.29, 0.717) is 34.8 Å². The van der Waals surface area contributed by atoms with Crippen molar-refractivity contribution in [2.24, 2.45) is 0 Å². The molecule has 0 aliphatic rings. The fourth-order valence-electron chi connectivity index (χ4n) is 1.74. The Kier molecular flexibility index (Phi) is 5.96. The van der Waals surface area contributed by atoms with Crippen LogP contribution in [0.1, 0.15) is 6.92 Å². The Morgan fingerprint density at radius 1 is 1.05 bits per heavy atom. The third-order valence-corrected chi connectivity index (χ3v) is 3.26. The SMILES string of the molecule is CCNc1nc(NCCOc2ccccc2)c(Cl)cc1Cl. The van der Waals surface area contributed by atoms with Gasteiger partial charge in [-0.05, 0) is 25.1 Å². The summed E-state index contributed by atoms with van der Waals surface area (Å²) in [5.74, 6) is 2.05. The van der Waals surface area contributed by atoms with Gasteiger partial charge in [0.15, 0.2) is 0 Å². The van der Waals surface area contributed by atoms with E-state index in [9.17, 15) is 0 Å². The van der Waals surface area contributed by atoms with Crippen molar-refractivity contribution in [3.8, 4) is 5.75 Å². The highest BCUT2D eigenvalue weighted by molar-refractivity contribution is 6.37. The van der Waals surface area contributed by atoms with Crippen LogP contribution in [0.3, 0.4) is 0 Å². The Hall–Kier alpha value is -1.65. The minimum Gasteiger partial charge on any atom is -0.492 e. The van der Waals surface area contributed by atoms with Gasteiger partial charge in [0.25, 0.3) is 0 Å². The fraction of sp³-hybridized carbons (Fsp3) is 0.267. The molecule has 0 aliphatic heterocycles. The quantitative estimate of drug-likeness (QED) is 0.744. The lowest BCUT2D eigenvalue weighted by Crippen LogP contribution is -2.13. The fourth-order valence-corrected chi connectivity index (χ4v) is 2.23. The number of ether oxygens (including phenoxy) is 1. The molecule has 2 N–H and O–H groups in total. The van der Waals surface area contributed by atoms with Crippen molar-refractivity contribution in [2.45, 2.75) is 6.92 Å². The second-order valence-corrected chi connectivity index (χ2v) is 5.08. The predicted octanol–water partition coefficient (Wildman–Crippen LogP) is 4.31. The maximum Gasteiger partial charge on any atom is 0.147 e. The van der Waals surface area contributed by atoms with Gasteiger partial charge in [-0.3, -0.25) is 0 Å². The zero-order chi connectivity index (χ0) is 15.1. The first-order valence-corrected chi connectivity index (χ1v) is 7.48. The van der Waals surface area contributed by atoms with Crippen molar-refractivity contribution >= 4 is 34.8 Å². The van der Waals surface area contributed by atoms with Crippen LogP contribution in [0, 0.1) is 0 Å². The van der Waals surface area contributed by atoms with E-state index in [1.165, 1.54) is 0 Å². The van der Waals surface area contributed by atoms with Crippen molar-refractivity contribution in [3.63, 3.8) is 0 Å². The zero-order valence-electron chi connectivity index (χ0n) is 11.7. The monoisotopic (exact) mass is 325 g/mol. The van der Waals surface area contributed by atoms with E-state index in [4.69, 9.17) is 27.9 Å². The standard InChI is InChI=1S/C15H17Cl2N3O/c1-2-18-14-12(16)10-13(17)15(20-14)19-8-9-21-11-6-4-3-5-7-11/h3-7,10H,2,8-9H2,1H3,(H2,18,19,20). The number of pyridine rings is 1. The average Bonchev–Trinajstić information content (AvgIpc) is 2.49. The Bertz CT molecular complexity index is 579. The van der Waals surface area contributed by atoms with Crippen LogP contribution in [0.25, 0.3) is 0 Å². The smallest absolute Gasteiger partial charge is 0.147 e. The van der Waals surface area contributed by atoms with Crippen LogP contribution in [0.15, 0.2) is 36.4 Å². The number of rotatable bonds is 7. The van der Waals surface area contributed by atoms with Crippen LogP contribution in [-0.4, -0.2) is 24.7 Å². The molecule has 21 heavy (non-hydrogen) atoms. The van der Waals surface area contributed by atoms with Gasteiger partial charge in [0.1, 0.15) is 24.0 Å². The summed E-state index contributed by atoms with van der Waals surface area (Å²) in [6.45, 7) is 3.83. The molecule has 0 aliphatic carbocycles. The summed E-state index contributed by atoms with van der Waals surface area (Å²) in [7, 11) is 0. The minimum absolute atomic E-state index is 0.487. The van der Waals surface area contributed by atoms with Gasteiger partial charge in [-0.25, -0.2) is 4.98 Å². The van der Waals surface area contributed by atoms with E-state index in [-0.39, 0.29) is 0 Å². The number of benzene rings is 1. The van der Waals surface area contributed by atoms with Crippen LogP contribution in [-0.2, 0) is 0 Å². The largest absolute Gasteiger partial charge is 0.492 e. The van der Waals surface area contributed by atoms with Crippen LogP contribution < -0.4 is 15.4 Å². The molecule has 0 saturated heterocycles. The van der Waals surface area contributed by atoms with Crippen molar-refractivity contribution in [1.82, 2.24) is 4.98 Å². The van der Waals surface area contributed by atoms with E-state index in [0.717, 1.165) is 12.3 Å². The molecule has 1 aromatic heterocycles. The van der Waals surface area contributed by atoms with E-state index in [1.807, 2.05) is 37.3 Å². The molecule has 0 radical (unpaired) electrons. The molecule has 2 rings (SSSR count). The highest BCUT2D eigenvalue weighted by atomic mass is 35.5. The normalized spacial score (nSPS) is 10.2. The third kappa shape index (κ3) is 4.69. The highest BCUT2D eigenvalue weighted by Crippen LogP contribution is 2.28. The van der Waals surface area contributed by atoms with E-state index >= 15 is 0 Å². The Morgan fingerprint density at radius 3 is 2.38 bits per heavy atom. The first kappa shape index (κ1) is 15.7. The van der Waals surface area contributed by atoms with Crippen molar-refractivity contribution in [1.29, 1.82) is 0 Å². The summed E-state index contributed by atoms with van der Waals surface area (Å²) in [5.41, 5.74) is 0. The number of halogens is 2. The first-order valence-electron chi connectivity index (χ1n) is 6.72. The second-order valence-electron chi connectivity index (χ2n) is 4.27. The summed E-state index contributed by atoms with van der Waals surface area (Å²) >= 11 is 12.2. The maximum absolute atomic E-state index is 6.12. The van der Waals surface area contributed by atoms with Gasteiger partial charge in [-0.1, -0.05) is 41.4 Å². The Labute approximate surface area is 134 Å². The summed E-state index contributed by atoms with van der Waals surface area (Å²) < 4.78 is 5.59. The minimum atomic E-state index is 0.487. The molecule has 0 spiro atoms. The number of anilines is 2. The number of hydrogen-bond acceptors (Lipinski definition) is 4. The van der Waals surface area contributed by atoms with Gasteiger partial charge in [0.2, 0.25) is 0 Å². The lowest BCUT2D eigenvalue weighted by molar-refractivity contribution is 0.333. The molecule has 0 fully saturated rings. The van der Waals surface area contributed by atoms with Crippen molar-refractivity contribution in [3.05, 3.63) is 46.4 Å². The van der Waals surface area contributed by atoms with Crippen molar-refractivity contribution in [2.75, 3.05) is 30.3 Å². The molecule has 6 heteroatoms. The van der Waals surface area contributed by atoms with Gasteiger partial charge < -0.3 is 15.4 Å². The molecule has 0 unspecified atom stereocenters. The number of hydrogen-bond donors (Lipinski definition) is 2. The number of nitrogens with one attached hydrogen (secondary N) is 2. The van der Waals surface area contributed by atoms with Gasteiger partial charge in [-0.15, -0.1) is 0 Å². The van der Waals surface area contributed by atoms with E-state index in [2.05, 4.69) is 15.6 Å². The zero-order valence-corrected chi connectivity index (χ0v) is 13.2. The highest BCUT2D eigenvalue weighted by Gasteiger charge is 2.08. The molecule has 1 heterocycles. The number of para-hydroxylation sites is 1. The number of aromatic nitrogens is 1. The van der Waals surface area contributed by atoms with Gasteiger partial charge >= 0.3 is 0 Å². The van der Waals surface area contributed by atoms with Crippen LogP contribution in [0.4, 0.5) is 11.6 Å². The van der Waals surface area contributed by atoms with Gasteiger partial charge in [-0.2, -0.15) is 0 Å². The lowest BCUT2D eigenvalue weighted by atomic mass is 10.3. The molecule has 0 saturated carbocycles. The topological polar surface area (TPSA) is 46.2 Å². The molecular formula is C15H17Cl2N3O. The summed E-state index contributed by atoms with van der Waals surface area (Å²) in [6.07, 6.45) is 0. The predicted molar refractivity (Wildman–Crippen MR) is 88.8 cm³/mol. The molecule has 0 amide bonds. The summed E-state index contributed by atoms with van der Waals surface area (Å²) in [6, 6.07) is 11.3. The summed E-state index contributed by atoms with van der Waals surface area (Å²) in [5, 5.41) is 7.22. The van der Waals surface area contributed by atoms with E-state index in [1.54, 1.807) is 6.07 Å². The molecule has 112 valence electrons. The van der Waals surface area contributed by atoms with E-state index < -0.39 is 0 Å². The summed E-state index contributed by atoms with van der Waals surface area (Å²) in [4.78, 5) is 4.36. The van der Waals surface area contributed by atoms with Gasteiger partial charge in [0.05, 0.1) is 16.6 Å². The maximum atomic E-state index is 6.12. The molecule has 1 aromatic carbocycles.